The van der Waals surface area contributed by atoms with E-state index in [9.17, 15) is 0 Å². The van der Waals surface area contributed by atoms with Gasteiger partial charge in [0.1, 0.15) is 5.54 Å². The second-order valence-corrected chi connectivity index (χ2v) is 16.9. The van der Waals surface area contributed by atoms with E-state index in [1.54, 1.807) is 0 Å². The summed E-state index contributed by atoms with van der Waals surface area (Å²) in [4.78, 5) is 0. The highest BCUT2D eigenvalue weighted by Gasteiger charge is 2.57. The Balaban J connectivity index is 1.57. The van der Waals surface area contributed by atoms with Crippen molar-refractivity contribution in [1.82, 2.24) is 4.40 Å². The SMILES string of the molecule is CCCCC1(C)OB(c2ccc3c4c2ccn2c5cc6c(cc5[n+](c42)C(C)(CC)C3(C)CC)C(C)(C)CC6(C)C)OC1(C)C. The molecule has 7 rings (SSSR count). The van der Waals surface area contributed by atoms with Crippen molar-refractivity contribution < 1.29 is 13.9 Å². The average Bonchev–Trinajstić information content (AvgIpc) is 3.49. The first kappa shape index (κ1) is 30.3. The molecule has 0 saturated carbocycles. The number of pyridine rings is 1. The molecule has 0 amide bonds. The number of hydrogen-bond donors (Lipinski definition) is 0. The Labute approximate surface area is 265 Å². The largest absolute Gasteiger partial charge is 0.495 e. The fourth-order valence-electron chi connectivity index (χ4n) is 9.91. The monoisotopic (exact) mass is 593 g/mol. The highest BCUT2D eigenvalue weighted by molar-refractivity contribution is 6.65. The van der Waals surface area contributed by atoms with Crippen LogP contribution in [0.3, 0.4) is 0 Å². The molecular weight excluding hydrogens is 539 g/mol. The van der Waals surface area contributed by atoms with Crippen molar-refractivity contribution in [3.63, 3.8) is 0 Å². The fourth-order valence-corrected chi connectivity index (χ4v) is 9.91. The standard InChI is InChI=1S/C39H54BN2O2/c1-13-16-20-39(12)36(8,9)43-40(44-39)29-18-17-26-32-25(29)19-21-41-30-22-27-28(35(6,7)24-34(27,4)5)23-31(30)42(33(32)41)38(11,15-3)37(26,10)14-2/h17-19,21-23H,13-16,20,24H2,1-12H3/q+1. The van der Waals surface area contributed by atoms with E-state index in [0.29, 0.717) is 0 Å². The van der Waals surface area contributed by atoms with E-state index < -0.39 is 0 Å². The van der Waals surface area contributed by atoms with Crippen LogP contribution in [0, 0.1) is 0 Å². The van der Waals surface area contributed by atoms with Crippen molar-refractivity contribution in [2.24, 2.45) is 0 Å². The maximum absolute atomic E-state index is 6.92. The highest BCUT2D eigenvalue weighted by Crippen LogP contribution is 2.53. The van der Waals surface area contributed by atoms with Crippen LogP contribution >= 0.6 is 0 Å². The van der Waals surface area contributed by atoms with Crippen molar-refractivity contribution >= 4 is 40.0 Å². The molecule has 0 radical (unpaired) electrons. The minimum absolute atomic E-state index is 0.0492. The van der Waals surface area contributed by atoms with Gasteiger partial charge in [-0.25, -0.2) is 4.57 Å². The Hall–Kier alpha value is -2.37. The van der Waals surface area contributed by atoms with E-state index in [0.717, 1.165) is 37.6 Å². The summed E-state index contributed by atoms with van der Waals surface area (Å²) in [5, 5.41) is 2.63. The molecule has 44 heavy (non-hydrogen) atoms. The molecular formula is C39H54BN2O2+. The Bertz CT molecular complexity index is 1850. The van der Waals surface area contributed by atoms with Crippen molar-refractivity contribution in [3.8, 4) is 0 Å². The lowest BCUT2D eigenvalue weighted by molar-refractivity contribution is -0.728. The minimum atomic E-state index is -0.390. The molecule has 1 fully saturated rings. The third-order valence-electron chi connectivity index (χ3n) is 13.3. The third kappa shape index (κ3) is 3.58. The minimum Gasteiger partial charge on any atom is -0.399 e. The number of imidazole rings is 1. The van der Waals surface area contributed by atoms with Crippen LogP contribution in [0.15, 0.2) is 36.5 Å². The summed E-state index contributed by atoms with van der Waals surface area (Å²) in [7, 11) is -0.390. The first-order valence-corrected chi connectivity index (χ1v) is 17.4. The van der Waals surface area contributed by atoms with Gasteiger partial charge in [0.15, 0.2) is 11.0 Å². The average molecular weight is 594 g/mol. The highest BCUT2D eigenvalue weighted by atomic mass is 16.7. The topological polar surface area (TPSA) is 26.8 Å². The first-order valence-electron chi connectivity index (χ1n) is 17.4. The number of fused-ring (bicyclic) bond motifs is 4. The van der Waals surface area contributed by atoms with E-state index in [1.165, 1.54) is 50.6 Å². The van der Waals surface area contributed by atoms with Crippen molar-refractivity contribution in [3.05, 3.63) is 53.2 Å². The normalized spacial score (nSPS) is 29.9. The van der Waals surface area contributed by atoms with E-state index in [2.05, 4.69) is 129 Å². The third-order valence-corrected chi connectivity index (χ3v) is 13.3. The molecule has 1 aliphatic carbocycles. The maximum Gasteiger partial charge on any atom is 0.495 e. The van der Waals surface area contributed by atoms with Crippen LogP contribution in [-0.2, 0) is 31.1 Å². The Morgan fingerprint density at radius 1 is 0.818 bits per heavy atom. The first-order chi connectivity index (χ1) is 20.5. The van der Waals surface area contributed by atoms with Crippen molar-refractivity contribution in [2.75, 3.05) is 0 Å². The predicted molar refractivity (Wildman–Crippen MR) is 184 cm³/mol. The molecule has 0 N–H and O–H groups in total. The molecule has 3 unspecified atom stereocenters. The molecule has 3 atom stereocenters. The van der Waals surface area contributed by atoms with Gasteiger partial charge in [0.25, 0.3) is 5.65 Å². The summed E-state index contributed by atoms with van der Waals surface area (Å²) in [6.07, 6.45) is 8.90. The van der Waals surface area contributed by atoms with Gasteiger partial charge in [0, 0.05) is 5.41 Å². The van der Waals surface area contributed by atoms with Gasteiger partial charge in [-0.3, -0.25) is 0 Å². The zero-order valence-corrected chi connectivity index (χ0v) is 29.5. The van der Waals surface area contributed by atoms with Crippen LogP contribution in [0.25, 0.3) is 27.5 Å². The van der Waals surface area contributed by atoms with Gasteiger partial charge in [-0.2, -0.15) is 4.40 Å². The van der Waals surface area contributed by atoms with Gasteiger partial charge < -0.3 is 9.31 Å². The van der Waals surface area contributed by atoms with Crippen LogP contribution < -0.4 is 10.0 Å². The lowest BCUT2D eigenvalue weighted by atomic mass is 9.61. The van der Waals surface area contributed by atoms with E-state index in [4.69, 9.17) is 9.31 Å². The molecule has 2 aromatic heterocycles. The Morgan fingerprint density at radius 2 is 1.50 bits per heavy atom. The molecule has 0 bridgehead atoms. The van der Waals surface area contributed by atoms with Crippen molar-refractivity contribution in [2.45, 2.75) is 155 Å². The van der Waals surface area contributed by atoms with E-state index in [1.807, 2.05) is 0 Å². The zero-order valence-electron chi connectivity index (χ0n) is 29.5. The summed E-state index contributed by atoms with van der Waals surface area (Å²) < 4.78 is 19.0. The van der Waals surface area contributed by atoms with Crippen molar-refractivity contribution in [1.29, 1.82) is 0 Å². The second-order valence-electron chi connectivity index (χ2n) is 16.9. The second kappa shape index (κ2) is 9.13. The summed E-state index contributed by atoms with van der Waals surface area (Å²) in [5.41, 5.74) is 9.09. The van der Waals surface area contributed by atoms with Crippen LogP contribution in [0.2, 0.25) is 0 Å². The van der Waals surface area contributed by atoms with Crippen LogP contribution in [0.5, 0.6) is 0 Å². The van der Waals surface area contributed by atoms with Gasteiger partial charge >= 0.3 is 7.12 Å². The lowest BCUT2D eigenvalue weighted by Crippen LogP contribution is -2.66. The Kier molecular flexibility index (Phi) is 6.28. The number of benzene rings is 2. The number of unbranched alkanes of at least 4 members (excludes halogenated alkanes) is 1. The number of hydrogen-bond acceptors (Lipinski definition) is 2. The van der Waals surface area contributed by atoms with Gasteiger partial charge in [-0.05, 0) is 110 Å². The number of aromatic nitrogens is 2. The van der Waals surface area contributed by atoms with E-state index >= 15 is 0 Å². The van der Waals surface area contributed by atoms with Gasteiger partial charge in [0.05, 0.1) is 22.8 Å². The Morgan fingerprint density at radius 3 is 2.14 bits per heavy atom. The molecule has 4 heterocycles. The summed E-state index contributed by atoms with van der Waals surface area (Å²) >= 11 is 0. The van der Waals surface area contributed by atoms with Gasteiger partial charge in [-0.1, -0.05) is 80.4 Å². The summed E-state index contributed by atoms with van der Waals surface area (Å²) in [5.74, 6) is 0. The smallest absolute Gasteiger partial charge is 0.399 e. The van der Waals surface area contributed by atoms with Crippen LogP contribution in [0.4, 0.5) is 0 Å². The molecule has 5 heteroatoms. The zero-order chi connectivity index (χ0) is 31.8. The fraction of sp³-hybridized carbons (Fsp3) is 0.615. The van der Waals surface area contributed by atoms with Gasteiger partial charge in [-0.15, -0.1) is 0 Å². The van der Waals surface area contributed by atoms with Crippen LogP contribution in [0.1, 0.15) is 138 Å². The van der Waals surface area contributed by atoms with Crippen LogP contribution in [-0.4, -0.2) is 22.7 Å². The predicted octanol–water partition coefficient (Wildman–Crippen LogP) is 8.77. The molecule has 3 aliphatic rings. The molecule has 4 aromatic rings. The molecule has 4 nitrogen and oxygen atoms in total. The maximum atomic E-state index is 6.92. The summed E-state index contributed by atoms with van der Waals surface area (Å²) in [6.45, 7) is 28.4. The molecule has 2 aliphatic heterocycles. The molecule has 0 spiro atoms. The van der Waals surface area contributed by atoms with E-state index in [-0.39, 0.29) is 40.1 Å². The molecule has 1 saturated heterocycles. The number of nitrogens with zero attached hydrogens (tertiary/aromatic N) is 2. The lowest BCUT2D eigenvalue weighted by Gasteiger charge is -2.47. The quantitative estimate of drug-likeness (QED) is 0.165. The molecule has 2 aromatic carbocycles. The van der Waals surface area contributed by atoms with Gasteiger partial charge in [0.2, 0.25) is 0 Å². The summed E-state index contributed by atoms with van der Waals surface area (Å²) in [6, 6.07) is 12.2. The molecule has 234 valence electrons. The number of rotatable bonds is 6.